The smallest absolute Gasteiger partial charge is 0.168 e. The van der Waals surface area contributed by atoms with Gasteiger partial charge in [-0.05, 0) is 48.9 Å². The number of nitrogen functional groups attached to an aromatic ring is 1. The molecule has 0 atom stereocenters. The average molecular weight is 460 g/mol. The van der Waals surface area contributed by atoms with E-state index in [2.05, 4.69) is 9.97 Å². The lowest BCUT2D eigenvalue weighted by Crippen LogP contribution is -2.03. The maximum atomic E-state index is 6.58. The number of pyridine rings is 2. The van der Waals surface area contributed by atoms with E-state index in [1.54, 1.807) is 19.5 Å². The summed E-state index contributed by atoms with van der Waals surface area (Å²) >= 11 is 0. The molecular weight excluding hydrogens is 438 g/mol. The van der Waals surface area contributed by atoms with Crippen molar-refractivity contribution in [3.05, 3.63) is 84.8 Å². The van der Waals surface area contributed by atoms with Crippen LogP contribution in [0.25, 0.3) is 50.3 Å². The molecule has 6 aromatic rings. The zero-order chi connectivity index (χ0) is 23.9. The lowest BCUT2D eigenvalue weighted by atomic mass is 9.98. The number of benzene rings is 2. The third-order valence-corrected chi connectivity index (χ3v) is 5.96. The van der Waals surface area contributed by atoms with Crippen molar-refractivity contribution in [2.24, 2.45) is 0 Å². The lowest BCUT2D eigenvalue weighted by molar-refractivity contribution is 0.415. The first kappa shape index (κ1) is 20.7. The van der Waals surface area contributed by atoms with E-state index in [9.17, 15) is 0 Å². The maximum Gasteiger partial charge on any atom is 0.168 e. The summed E-state index contributed by atoms with van der Waals surface area (Å²) in [5, 5.41) is 6.43. The van der Waals surface area contributed by atoms with E-state index in [0.29, 0.717) is 28.3 Å². The van der Waals surface area contributed by atoms with Crippen LogP contribution in [-0.2, 0) is 0 Å². The lowest BCUT2D eigenvalue weighted by Gasteiger charge is -2.13. The Morgan fingerprint density at radius 1 is 0.829 bits per heavy atom. The second-order valence-corrected chi connectivity index (χ2v) is 8.12. The topological polar surface area (TPSA) is 105 Å². The molecule has 8 heteroatoms. The highest BCUT2D eigenvalue weighted by atomic mass is 16.5. The molecule has 0 radical (unpaired) electrons. The molecule has 6 rings (SSSR count). The number of para-hydroxylation sites is 1. The Hall–Kier alpha value is -4.85. The molecule has 4 heterocycles. The Morgan fingerprint density at radius 3 is 2.34 bits per heavy atom. The molecule has 0 spiro atoms. The largest absolute Gasteiger partial charge is 0.497 e. The molecule has 2 aromatic carbocycles. The van der Waals surface area contributed by atoms with Gasteiger partial charge in [0.05, 0.1) is 29.3 Å². The molecule has 0 aliphatic heterocycles. The average Bonchev–Trinajstić information content (AvgIpc) is 3.24. The fraction of sp³-hybridized carbons (Fsp3) is 0.0741. The van der Waals surface area contributed by atoms with Crippen LogP contribution in [0.1, 0.15) is 5.69 Å². The van der Waals surface area contributed by atoms with E-state index >= 15 is 0 Å². The minimum Gasteiger partial charge on any atom is -0.497 e. The van der Waals surface area contributed by atoms with Crippen LogP contribution in [0.3, 0.4) is 0 Å². The van der Waals surface area contributed by atoms with Gasteiger partial charge >= 0.3 is 0 Å². The summed E-state index contributed by atoms with van der Waals surface area (Å²) in [7, 11) is 1.65. The monoisotopic (exact) mass is 459 g/mol. The molecule has 35 heavy (non-hydrogen) atoms. The predicted molar refractivity (Wildman–Crippen MR) is 136 cm³/mol. The van der Waals surface area contributed by atoms with Gasteiger partial charge in [0.2, 0.25) is 0 Å². The fourth-order valence-electron chi connectivity index (χ4n) is 4.34. The van der Waals surface area contributed by atoms with E-state index < -0.39 is 0 Å². The third kappa shape index (κ3) is 3.43. The normalized spacial score (nSPS) is 11.3. The highest BCUT2D eigenvalue weighted by Crippen LogP contribution is 2.39. The van der Waals surface area contributed by atoms with Crippen molar-refractivity contribution in [3.8, 4) is 34.0 Å². The summed E-state index contributed by atoms with van der Waals surface area (Å²) < 4.78 is 7.22. The van der Waals surface area contributed by atoms with Gasteiger partial charge in [-0.15, -0.1) is 0 Å². The first-order valence-electron chi connectivity index (χ1n) is 11.1. The van der Waals surface area contributed by atoms with Crippen molar-refractivity contribution in [2.45, 2.75) is 6.92 Å². The molecule has 2 N–H and O–H groups in total. The quantitative estimate of drug-likeness (QED) is 0.396. The molecule has 0 bridgehead atoms. The van der Waals surface area contributed by atoms with Crippen molar-refractivity contribution < 1.29 is 4.74 Å². The number of aryl methyl sites for hydroxylation is 1. The number of methoxy groups -OCH3 is 1. The minimum atomic E-state index is 0.348. The zero-order valence-corrected chi connectivity index (χ0v) is 19.2. The Kier molecular flexibility index (Phi) is 4.84. The van der Waals surface area contributed by atoms with Crippen molar-refractivity contribution in [1.29, 1.82) is 0 Å². The van der Waals surface area contributed by atoms with Crippen molar-refractivity contribution in [3.63, 3.8) is 0 Å². The van der Waals surface area contributed by atoms with Gasteiger partial charge in [-0.2, -0.15) is 5.10 Å². The molecule has 8 nitrogen and oxygen atoms in total. The first-order valence-corrected chi connectivity index (χ1v) is 11.1. The second-order valence-electron chi connectivity index (χ2n) is 8.12. The van der Waals surface area contributed by atoms with Crippen LogP contribution in [0.4, 0.5) is 5.82 Å². The van der Waals surface area contributed by atoms with Crippen LogP contribution in [0.15, 0.2) is 79.1 Å². The van der Waals surface area contributed by atoms with Gasteiger partial charge in [0, 0.05) is 23.5 Å². The summed E-state index contributed by atoms with van der Waals surface area (Å²) in [4.78, 5) is 18.6. The number of hydrogen-bond donors (Lipinski definition) is 1. The van der Waals surface area contributed by atoms with Gasteiger partial charge in [-0.3, -0.25) is 4.98 Å². The van der Waals surface area contributed by atoms with Gasteiger partial charge in [0.1, 0.15) is 11.6 Å². The Morgan fingerprint density at radius 2 is 1.63 bits per heavy atom. The van der Waals surface area contributed by atoms with Crippen LogP contribution in [0, 0.1) is 6.92 Å². The number of hydrogen-bond acceptors (Lipinski definition) is 7. The standard InChI is InChI=1S/C27H21N7O/c1-16-21-22(17-10-12-20(35-2)13-11-17)23-24(28)30-25(18-7-6-14-29-15-18)31-26(23)32-27(21)34(33-16)19-8-4-3-5-9-19/h3-15H,1-2H3,(H2,28,30,31,32). The molecule has 0 saturated carbocycles. The van der Waals surface area contributed by atoms with Crippen molar-refractivity contribution in [1.82, 2.24) is 29.7 Å². The molecule has 0 saturated heterocycles. The van der Waals surface area contributed by atoms with Crippen molar-refractivity contribution >= 4 is 27.9 Å². The van der Waals surface area contributed by atoms with E-state index in [1.807, 2.05) is 78.3 Å². The molecular formula is C27H21N7O. The summed E-state index contributed by atoms with van der Waals surface area (Å²) in [6.07, 6.45) is 3.42. The molecule has 0 fully saturated rings. The number of rotatable bonds is 4. The van der Waals surface area contributed by atoms with Gasteiger partial charge < -0.3 is 10.5 Å². The van der Waals surface area contributed by atoms with Crippen LogP contribution >= 0.6 is 0 Å². The molecule has 0 aliphatic rings. The minimum absolute atomic E-state index is 0.348. The molecule has 0 amide bonds. The van der Waals surface area contributed by atoms with Gasteiger partial charge in [-0.25, -0.2) is 19.6 Å². The van der Waals surface area contributed by atoms with Gasteiger partial charge in [-0.1, -0.05) is 30.3 Å². The van der Waals surface area contributed by atoms with Crippen LogP contribution in [0.5, 0.6) is 5.75 Å². The second kappa shape index (κ2) is 8.18. The van der Waals surface area contributed by atoms with E-state index in [-0.39, 0.29) is 0 Å². The van der Waals surface area contributed by atoms with Crippen molar-refractivity contribution in [2.75, 3.05) is 12.8 Å². The fourth-order valence-corrected chi connectivity index (χ4v) is 4.34. The maximum absolute atomic E-state index is 6.58. The van der Waals surface area contributed by atoms with Crippen LogP contribution < -0.4 is 10.5 Å². The predicted octanol–water partition coefficient (Wildman–Crippen LogP) is 4.99. The summed E-state index contributed by atoms with van der Waals surface area (Å²) in [6, 6.07) is 21.5. The number of anilines is 1. The highest BCUT2D eigenvalue weighted by molar-refractivity contribution is 6.12. The van der Waals surface area contributed by atoms with E-state index in [0.717, 1.165) is 39.2 Å². The first-order chi connectivity index (χ1) is 17.1. The summed E-state index contributed by atoms with van der Waals surface area (Å²) in [5.74, 6) is 1.59. The van der Waals surface area contributed by atoms with Crippen LogP contribution in [-0.4, -0.2) is 36.8 Å². The molecule has 0 aliphatic carbocycles. The summed E-state index contributed by atoms with van der Waals surface area (Å²) in [6.45, 7) is 1.98. The van der Waals surface area contributed by atoms with Gasteiger partial charge in [0.25, 0.3) is 0 Å². The number of ether oxygens (including phenoxy) is 1. The van der Waals surface area contributed by atoms with E-state index in [1.165, 1.54) is 0 Å². The number of nitrogens with two attached hydrogens (primary N) is 1. The summed E-state index contributed by atoms with van der Waals surface area (Å²) in [5.41, 5.74) is 12.1. The Labute approximate surface area is 201 Å². The third-order valence-electron chi connectivity index (χ3n) is 5.96. The number of aromatic nitrogens is 6. The molecule has 0 unspecified atom stereocenters. The Balaban J connectivity index is 1.74. The Bertz CT molecular complexity index is 1680. The van der Waals surface area contributed by atoms with E-state index in [4.69, 9.17) is 25.5 Å². The number of nitrogens with zero attached hydrogens (tertiary/aromatic N) is 6. The van der Waals surface area contributed by atoms with Crippen LogP contribution in [0.2, 0.25) is 0 Å². The number of fused-ring (bicyclic) bond motifs is 2. The zero-order valence-electron chi connectivity index (χ0n) is 19.2. The van der Waals surface area contributed by atoms with Gasteiger partial charge in [0.15, 0.2) is 17.1 Å². The molecule has 170 valence electrons. The SMILES string of the molecule is COc1ccc(-c2c3c(N)nc(-c4cccnc4)nc3nc3c2c(C)nn3-c2ccccc2)cc1. The highest BCUT2D eigenvalue weighted by Gasteiger charge is 2.22. The molecule has 4 aromatic heterocycles.